The van der Waals surface area contributed by atoms with Crippen LogP contribution in [0, 0.1) is 0 Å². The number of carbonyl (C=O) groups excluding carboxylic acids is 1. The second kappa shape index (κ2) is 6.93. The molecule has 0 saturated heterocycles. The van der Waals surface area contributed by atoms with Crippen molar-refractivity contribution in [3.05, 3.63) is 57.7 Å². The number of para-hydroxylation sites is 1. The molecular weight excluding hydrogens is 376 g/mol. The number of hydrogen-bond acceptors (Lipinski definition) is 6. The molecule has 1 heterocycles. The highest BCUT2D eigenvalue weighted by Gasteiger charge is 2.20. The average Bonchev–Trinajstić information content (AvgIpc) is 2.88. The Bertz CT molecular complexity index is 1150. The zero-order valence-corrected chi connectivity index (χ0v) is 15.7. The molecule has 0 aliphatic carbocycles. The summed E-state index contributed by atoms with van der Waals surface area (Å²) in [6.45, 7) is 0. The third kappa shape index (κ3) is 3.49. The summed E-state index contributed by atoms with van der Waals surface area (Å²) >= 11 is 0.949. The molecule has 0 radical (unpaired) electrons. The number of nitrogens with zero attached hydrogens (tertiary/aromatic N) is 1. The van der Waals surface area contributed by atoms with Gasteiger partial charge in [0, 0.05) is 12.6 Å². The molecule has 3 rings (SSSR count). The smallest absolute Gasteiger partial charge is 0.307 e. The van der Waals surface area contributed by atoms with Crippen LogP contribution in [0.2, 0.25) is 0 Å². The van der Waals surface area contributed by atoms with Crippen LogP contribution in [0.5, 0.6) is 5.75 Å². The van der Waals surface area contributed by atoms with E-state index in [1.807, 2.05) is 0 Å². The van der Waals surface area contributed by atoms with Crippen molar-refractivity contribution in [3.8, 4) is 5.75 Å². The van der Waals surface area contributed by atoms with Crippen molar-refractivity contribution < 1.29 is 17.9 Å². The number of thiazole rings is 1. The standard InChI is InChI=1S/C17H16N2O5S2/c1-19-13-8-7-12(10-15(13)25-17(19)21)26(22,23)18-16(20)9-11-5-3-4-6-14(11)24-2/h3-8,10H,9H2,1-2H3,(H,18,20). The van der Waals surface area contributed by atoms with Gasteiger partial charge in [0.15, 0.2) is 0 Å². The van der Waals surface area contributed by atoms with Crippen molar-refractivity contribution in [1.82, 2.24) is 9.29 Å². The number of carbonyl (C=O) groups is 1. The minimum absolute atomic E-state index is 0.0692. The maximum Gasteiger partial charge on any atom is 0.307 e. The Morgan fingerprint density at radius 3 is 2.69 bits per heavy atom. The van der Waals surface area contributed by atoms with Gasteiger partial charge in [0.2, 0.25) is 5.91 Å². The van der Waals surface area contributed by atoms with E-state index in [9.17, 15) is 18.0 Å². The lowest BCUT2D eigenvalue weighted by Crippen LogP contribution is -2.31. The van der Waals surface area contributed by atoms with Crippen LogP contribution in [-0.2, 0) is 28.3 Å². The van der Waals surface area contributed by atoms with Crippen molar-refractivity contribution >= 4 is 37.5 Å². The van der Waals surface area contributed by atoms with Gasteiger partial charge in [-0.2, -0.15) is 0 Å². The fourth-order valence-electron chi connectivity index (χ4n) is 2.55. The lowest BCUT2D eigenvalue weighted by atomic mass is 10.1. The van der Waals surface area contributed by atoms with E-state index in [-0.39, 0.29) is 16.2 Å². The first-order valence-corrected chi connectivity index (χ1v) is 9.89. The highest BCUT2D eigenvalue weighted by Crippen LogP contribution is 2.22. The molecule has 9 heteroatoms. The predicted octanol–water partition coefficient (Wildman–Crippen LogP) is 1.66. The van der Waals surface area contributed by atoms with Gasteiger partial charge in [0.1, 0.15) is 5.75 Å². The van der Waals surface area contributed by atoms with Crippen molar-refractivity contribution in [2.75, 3.05) is 7.11 Å². The summed E-state index contributed by atoms with van der Waals surface area (Å²) < 4.78 is 34.2. The lowest BCUT2D eigenvalue weighted by Gasteiger charge is -2.09. The molecular formula is C17H16N2O5S2. The fourth-order valence-corrected chi connectivity index (χ4v) is 4.55. The molecule has 136 valence electrons. The quantitative estimate of drug-likeness (QED) is 0.713. The van der Waals surface area contributed by atoms with Gasteiger partial charge in [0.05, 0.1) is 28.6 Å². The Morgan fingerprint density at radius 1 is 1.23 bits per heavy atom. The Morgan fingerprint density at radius 2 is 1.96 bits per heavy atom. The SMILES string of the molecule is COc1ccccc1CC(=O)NS(=O)(=O)c1ccc2c(c1)sc(=O)n2C. The molecule has 1 N–H and O–H groups in total. The van der Waals surface area contributed by atoms with Gasteiger partial charge in [-0.1, -0.05) is 29.5 Å². The van der Waals surface area contributed by atoms with Crippen molar-refractivity contribution in [1.29, 1.82) is 0 Å². The number of fused-ring (bicyclic) bond motifs is 1. The summed E-state index contributed by atoms with van der Waals surface area (Å²) in [5, 5.41) is 0. The molecule has 3 aromatic rings. The van der Waals surface area contributed by atoms with Crippen LogP contribution in [0.1, 0.15) is 5.56 Å². The van der Waals surface area contributed by atoms with E-state index in [2.05, 4.69) is 4.72 Å². The van der Waals surface area contributed by atoms with Crippen molar-refractivity contribution in [2.45, 2.75) is 11.3 Å². The summed E-state index contributed by atoms with van der Waals surface area (Å²) in [5.41, 5.74) is 1.22. The number of methoxy groups -OCH3 is 1. The molecule has 0 atom stereocenters. The minimum Gasteiger partial charge on any atom is -0.496 e. The van der Waals surface area contributed by atoms with Gasteiger partial charge < -0.3 is 9.30 Å². The van der Waals surface area contributed by atoms with Gasteiger partial charge in [-0.3, -0.25) is 9.59 Å². The van der Waals surface area contributed by atoms with E-state index >= 15 is 0 Å². The van der Waals surface area contributed by atoms with Crippen LogP contribution in [0.25, 0.3) is 10.2 Å². The molecule has 0 aliphatic rings. The van der Waals surface area contributed by atoms with E-state index in [1.165, 1.54) is 23.8 Å². The molecule has 0 aliphatic heterocycles. The minimum atomic E-state index is -4.04. The number of aryl methyl sites for hydroxylation is 1. The Balaban J connectivity index is 1.84. The molecule has 2 aromatic carbocycles. The lowest BCUT2D eigenvalue weighted by molar-refractivity contribution is -0.118. The van der Waals surface area contributed by atoms with Crippen LogP contribution in [-0.4, -0.2) is 26.0 Å². The maximum atomic E-state index is 12.5. The number of hydrogen-bond donors (Lipinski definition) is 1. The van der Waals surface area contributed by atoms with E-state index < -0.39 is 15.9 Å². The van der Waals surface area contributed by atoms with E-state index in [1.54, 1.807) is 37.4 Å². The monoisotopic (exact) mass is 392 g/mol. The molecule has 1 amide bonds. The second-order valence-corrected chi connectivity index (χ2v) is 8.25. The van der Waals surface area contributed by atoms with Gasteiger partial charge in [-0.15, -0.1) is 0 Å². The molecule has 0 spiro atoms. The van der Waals surface area contributed by atoms with Crippen LogP contribution in [0.15, 0.2) is 52.2 Å². The predicted molar refractivity (Wildman–Crippen MR) is 99.1 cm³/mol. The third-order valence-electron chi connectivity index (χ3n) is 3.87. The number of sulfonamides is 1. The summed E-state index contributed by atoms with van der Waals surface area (Å²) in [6, 6.07) is 11.2. The largest absolute Gasteiger partial charge is 0.496 e. The number of rotatable bonds is 5. The Kier molecular flexibility index (Phi) is 4.84. The first kappa shape index (κ1) is 18.2. The second-order valence-electron chi connectivity index (χ2n) is 5.57. The van der Waals surface area contributed by atoms with Gasteiger partial charge >= 0.3 is 4.87 Å². The number of amides is 1. The fraction of sp³-hybridized carbons (Fsp3) is 0.176. The number of benzene rings is 2. The highest BCUT2D eigenvalue weighted by molar-refractivity contribution is 7.90. The first-order chi connectivity index (χ1) is 12.3. The number of nitrogens with one attached hydrogen (secondary N) is 1. The van der Waals surface area contributed by atoms with Crippen molar-refractivity contribution in [2.24, 2.45) is 7.05 Å². The Labute approximate surface area is 153 Å². The van der Waals surface area contributed by atoms with Crippen LogP contribution >= 0.6 is 11.3 Å². The molecule has 0 fully saturated rings. The Hall–Kier alpha value is -2.65. The first-order valence-electron chi connectivity index (χ1n) is 7.59. The summed E-state index contributed by atoms with van der Waals surface area (Å²) in [5.74, 6) is -0.161. The van der Waals surface area contributed by atoms with Crippen LogP contribution < -0.4 is 14.3 Å². The van der Waals surface area contributed by atoms with Crippen LogP contribution in [0.3, 0.4) is 0 Å². The topological polar surface area (TPSA) is 94.5 Å². The normalized spacial score (nSPS) is 11.5. The molecule has 0 saturated carbocycles. The van der Waals surface area contributed by atoms with Gasteiger partial charge in [-0.05, 0) is 24.3 Å². The van der Waals surface area contributed by atoms with E-state index in [0.29, 0.717) is 21.5 Å². The van der Waals surface area contributed by atoms with E-state index in [0.717, 1.165) is 11.3 Å². The number of aromatic nitrogens is 1. The highest BCUT2D eigenvalue weighted by atomic mass is 32.2. The summed E-state index contributed by atoms with van der Waals surface area (Å²) in [6.07, 6.45) is -0.135. The van der Waals surface area contributed by atoms with Crippen molar-refractivity contribution in [3.63, 3.8) is 0 Å². The molecule has 7 nitrogen and oxygen atoms in total. The zero-order valence-electron chi connectivity index (χ0n) is 14.1. The van der Waals surface area contributed by atoms with Crippen LogP contribution in [0.4, 0.5) is 0 Å². The third-order valence-corrected chi connectivity index (χ3v) is 6.23. The van der Waals surface area contributed by atoms with Gasteiger partial charge in [0.25, 0.3) is 10.0 Å². The maximum absolute atomic E-state index is 12.5. The molecule has 0 unspecified atom stereocenters. The van der Waals surface area contributed by atoms with Gasteiger partial charge in [-0.25, -0.2) is 13.1 Å². The summed E-state index contributed by atoms with van der Waals surface area (Å²) in [4.78, 5) is 23.6. The molecule has 0 bridgehead atoms. The van der Waals surface area contributed by atoms with E-state index in [4.69, 9.17) is 4.74 Å². The summed E-state index contributed by atoms with van der Waals surface area (Å²) in [7, 11) is -0.944. The zero-order chi connectivity index (χ0) is 18.9. The molecule has 26 heavy (non-hydrogen) atoms. The number of ether oxygens (including phenoxy) is 1. The average molecular weight is 392 g/mol. The molecule has 1 aromatic heterocycles.